The summed E-state index contributed by atoms with van der Waals surface area (Å²) in [5, 5.41) is 9.81. The molecule has 1 N–H and O–H groups in total. The van der Waals surface area contributed by atoms with Crippen LogP contribution in [0.1, 0.15) is 47.5 Å². The quantitative estimate of drug-likeness (QED) is 0.677. The van der Waals surface area contributed by atoms with E-state index in [1.54, 1.807) is 13.0 Å². The standard InChI is InChI=1S/C14H26O2/c1-10(2)7-6-8-13(15)12(5)14(16)9-11(3)4/h6,8,10-12,14,16H,7,9H2,1-5H3/b8-6+. The van der Waals surface area contributed by atoms with E-state index in [4.69, 9.17) is 0 Å². The summed E-state index contributed by atoms with van der Waals surface area (Å²) in [5.41, 5.74) is 0. The predicted molar refractivity (Wildman–Crippen MR) is 68.2 cm³/mol. The van der Waals surface area contributed by atoms with Crippen LogP contribution in [0, 0.1) is 17.8 Å². The molecular formula is C14H26O2. The summed E-state index contributed by atoms with van der Waals surface area (Å²) in [5.74, 6) is 0.740. The lowest BCUT2D eigenvalue weighted by molar-refractivity contribution is -0.121. The molecule has 0 aliphatic carbocycles. The van der Waals surface area contributed by atoms with Gasteiger partial charge in [-0.15, -0.1) is 0 Å². The lowest BCUT2D eigenvalue weighted by atomic mass is 9.92. The van der Waals surface area contributed by atoms with E-state index in [1.165, 1.54) is 0 Å². The third kappa shape index (κ3) is 6.78. The molecule has 2 unspecified atom stereocenters. The highest BCUT2D eigenvalue weighted by Crippen LogP contribution is 2.14. The first-order chi connectivity index (χ1) is 7.34. The van der Waals surface area contributed by atoms with E-state index < -0.39 is 6.10 Å². The van der Waals surface area contributed by atoms with Crippen LogP contribution in [0.25, 0.3) is 0 Å². The first-order valence-electron chi connectivity index (χ1n) is 6.23. The molecule has 94 valence electrons. The van der Waals surface area contributed by atoms with Crippen molar-refractivity contribution in [2.45, 2.75) is 53.6 Å². The average Bonchev–Trinajstić information content (AvgIpc) is 2.14. The number of allylic oxidation sites excluding steroid dienone is 2. The number of carbonyl (C=O) groups excluding carboxylic acids is 1. The van der Waals surface area contributed by atoms with Gasteiger partial charge in [-0.25, -0.2) is 0 Å². The molecule has 0 heterocycles. The minimum atomic E-state index is -0.517. The highest BCUT2D eigenvalue weighted by Gasteiger charge is 2.20. The number of ketones is 1. The third-order valence-corrected chi connectivity index (χ3v) is 2.63. The Hall–Kier alpha value is -0.630. The molecule has 0 saturated heterocycles. The van der Waals surface area contributed by atoms with Crippen molar-refractivity contribution >= 4 is 5.78 Å². The van der Waals surface area contributed by atoms with Crippen LogP contribution in [-0.2, 0) is 4.79 Å². The van der Waals surface area contributed by atoms with E-state index in [9.17, 15) is 9.90 Å². The van der Waals surface area contributed by atoms with Crippen LogP contribution in [0.4, 0.5) is 0 Å². The first kappa shape index (κ1) is 15.4. The Labute approximate surface area is 99.7 Å². The van der Waals surface area contributed by atoms with Gasteiger partial charge in [-0.2, -0.15) is 0 Å². The summed E-state index contributed by atoms with van der Waals surface area (Å²) in [7, 11) is 0. The van der Waals surface area contributed by atoms with Crippen molar-refractivity contribution in [3.05, 3.63) is 12.2 Å². The zero-order valence-electron chi connectivity index (χ0n) is 11.2. The SMILES string of the molecule is CC(C)C/C=C/C(=O)C(C)C(O)CC(C)C. The Morgan fingerprint density at radius 1 is 1.12 bits per heavy atom. The van der Waals surface area contributed by atoms with Gasteiger partial charge < -0.3 is 5.11 Å². The lowest BCUT2D eigenvalue weighted by Gasteiger charge is -2.18. The third-order valence-electron chi connectivity index (χ3n) is 2.63. The summed E-state index contributed by atoms with van der Waals surface area (Å²) in [4.78, 5) is 11.7. The minimum absolute atomic E-state index is 0.0359. The molecule has 0 aliphatic heterocycles. The van der Waals surface area contributed by atoms with Crippen molar-refractivity contribution in [1.29, 1.82) is 0 Å². The van der Waals surface area contributed by atoms with Crippen molar-refractivity contribution in [2.75, 3.05) is 0 Å². The van der Waals surface area contributed by atoms with Crippen LogP contribution in [-0.4, -0.2) is 17.0 Å². The summed E-state index contributed by atoms with van der Waals surface area (Å²) < 4.78 is 0. The number of hydrogen-bond donors (Lipinski definition) is 1. The molecule has 0 aromatic carbocycles. The van der Waals surface area contributed by atoms with E-state index >= 15 is 0 Å². The van der Waals surface area contributed by atoms with Gasteiger partial charge in [0.25, 0.3) is 0 Å². The van der Waals surface area contributed by atoms with Crippen molar-refractivity contribution in [1.82, 2.24) is 0 Å². The van der Waals surface area contributed by atoms with E-state index in [-0.39, 0.29) is 11.7 Å². The maximum absolute atomic E-state index is 11.7. The van der Waals surface area contributed by atoms with Crippen molar-refractivity contribution < 1.29 is 9.90 Å². The highest BCUT2D eigenvalue weighted by atomic mass is 16.3. The van der Waals surface area contributed by atoms with Gasteiger partial charge in [-0.1, -0.05) is 40.7 Å². The Morgan fingerprint density at radius 2 is 1.69 bits per heavy atom. The van der Waals surface area contributed by atoms with Crippen LogP contribution >= 0.6 is 0 Å². The zero-order valence-corrected chi connectivity index (χ0v) is 11.2. The molecule has 2 atom stereocenters. The Bertz CT molecular complexity index is 229. The first-order valence-corrected chi connectivity index (χ1v) is 6.23. The van der Waals surface area contributed by atoms with Crippen LogP contribution in [0.5, 0.6) is 0 Å². The Balaban J connectivity index is 4.12. The van der Waals surface area contributed by atoms with Gasteiger partial charge in [0, 0.05) is 5.92 Å². The van der Waals surface area contributed by atoms with Gasteiger partial charge in [0.15, 0.2) is 5.78 Å². The molecular weight excluding hydrogens is 200 g/mol. The normalized spacial score (nSPS) is 16.0. The molecule has 2 heteroatoms. The molecule has 0 rings (SSSR count). The van der Waals surface area contributed by atoms with Gasteiger partial charge >= 0.3 is 0 Å². The molecule has 0 bridgehead atoms. The van der Waals surface area contributed by atoms with Gasteiger partial charge in [-0.3, -0.25) is 4.79 Å². The lowest BCUT2D eigenvalue weighted by Crippen LogP contribution is -2.25. The van der Waals surface area contributed by atoms with E-state index in [2.05, 4.69) is 27.7 Å². The second-order valence-corrected chi connectivity index (χ2v) is 5.42. The van der Waals surface area contributed by atoms with Crippen LogP contribution < -0.4 is 0 Å². The molecule has 2 nitrogen and oxygen atoms in total. The molecule has 0 radical (unpaired) electrons. The summed E-state index contributed by atoms with van der Waals surface area (Å²) >= 11 is 0. The van der Waals surface area contributed by atoms with Crippen LogP contribution in [0.15, 0.2) is 12.2 Å². The van der Waals surface area contributed by atoms with Gasteiger partial charge in [-0.05, 0) is 30.8 Å². The molecule has 0 saturated carbocycles. The second kappa shape index (κ2) is 7.61. The molecule has 0 spiro atoms. The Morgan fingerprint density at radius 3 is 2.12 bits per heavy atom. The van der Waals surface area contributed by atoms with Crippen molar-refractivity contribution in [3.63, 3.8) is 0 Å². The largest absolute Gasteiger partial charge is 0.392 e. The van der Waals surface area contributed by atoms with E-state index in [0.717, 1.165) is 6.42 Å². The van der Waals surface area contributed by atoms with E-state index in [0.29, 0.717) is 18.3 Å². The molecule has 0 fully saturated rings. The van der Waals surface area contributed by atoms with Crippen molar-refractivity contribution in [2.24, 2.45) is 17.8 Å². The molecule has 16 heavy (non-hydrogen) atoms. The number of rotatable bonds is 7. The molecule has 0 aromatic heterocycles. The monoisotopic (exact) mass is 226 g/mol. The Kier molecular flexibility index (Phi) is 7.31. The fraction of sp³-hybridized carbons (Fsp3) is 0.786. The minimum Gasteiger partial charge on any atom is -0.392 e. The second-order valence-electron chi connectivity index (χ2n) is 5.42. The summed E-state index contributed by atoms with van der Waals surface area (Å²) in [6, 6.07) is 0. The molecule has 0 aromatic rings. The fourth-order valence-corrected chi connectivity index (χ4v) is 1.48. The fourth-order valence-electron chi connectivity index (χ4n) is 1.48. The van der Waals surface area contributed by atoms with E-state index in [1.807, 2.05) is 6.08 Å². The number of aliphatic hydroxyl groups excluding tert-OH is 1. The maximum atomic E-state index is 11.7. The topological polar surface area (TPSA) is 37.3 Å². The smallest absolute Gasteiger partial charge is 0.160 e. The highest BCUT2D eigenvalue weighted by molar-refractivity contribution is 5.91. The maximum Gasteiger partial charge on any atom is 0.160 e. The van der Waals surface area contributed by atoms with Gasteiger partial charge in [0.05, 0.1) is 6.10 Å². The van der Waals surface area contributed by atoms with Crippen LogP contribution in [0.3, 0.4) is 0 Å². The summed E-state index contributed by atoms with van der Waals surface area (Å²) in [6.45, 7) is 10.1. The number of carbonyl (C=O) groups is 1. The van der Waals surface area contributed by atoms with Crippen LogP contribution in [0.2, 0.25) is 0 Å². The number of aliphatic hydroxyl groups is 1. The van der Waals surface area contributed by atoms with Crippen molar-refractivity contribution in [3.8, 4) is 0 Å². The summed E-state index contributed by atoms with van der Waals surface area (Å²) in [6.07, 6.45) is 4.61. The molecule has 0 amide bonds. The predicted octanol–water partition coefficient (Wildman–Crippen LogP) is 3.20. The number of hydrogen-bond acceptors (Lipinski definition) is 2. The van der Waals surface area contributed by atoms with Gasteiger partial charge in [0.2, 0.25) is 0 Å². The van der Waals surface area contributed by atoms with Gasteiger partial charge in [0.1, 0.15) is 0 Å². The average molecular weight is 226 g/mol. The zero-order chi connectivity index (χ0) is 12.7. The molecule has 0 aliphatic rings.